The average Bonchev–Trinajstić information content (AvgIpc) is 3.67. The van der Waals surface area contributed by atoms with Crippen LogP contribution >= 0.6 is 0 Å². The van der Waals surface area contributed by atoms with Crippen molar-refractivity contribution in [2.24, 2.45) is 0 Å². The molecule has 4 heterocycles. The SMILES string of the molecule is CN(C)CCn1cc(Nc2ncc(CN3CCc4ccc(C(=O)Nc5cc(CN6CCN(C)CC6)cc(C(F)(F)F)c5)cc43)cn2)cn1. The van der Waals surface area contributed by atoms with Crippen molar-refractivity contribution in [2.45, 2.75) is 32.2 Å². The molecule has 254 valence electrons. The second kappa shape index (κ2) is 14.3. The molecule has 0 aliphatic carbocycles. The van der Waals surface area contributed by atoms with Crippen LogP contribution in [-0.4, -0.2) is 101 Å². The van der Waals surface area contributed by atoms with Gasteiger partial charge in [0.25, 0.3) is 5.91 Å². The van der Waals surface area contributed by atoms with Crippen LogP contribution in [0.5, 0.6) is 0 Å². The molecule has 0 radical (unpaired) electrons. The first-order valence-electron chi connectivity index (χ1n) is 16.0. The maximum absolute atomic E-state index is 13.8. The summed E-state index contributed by atoms with van der Waals surface area (Å²) in [5.74, 6) is 0.00582. The Bertz CT molecular complexity index is 1720. The quantitative estimate of drug-likeness (QED) is 0.240. The fourth-order valence-electron chi connectivity index (χ4n) is 5.94. The Morgan fingerprint density at radius 2 is 1.69 bits per heavy atom. The highest BCUT2D eigenvalue weighted by molar-refractivity contribution is 6.05. The molecule has 4 aromatic rings. The van der Waals surface area contributed by atoms with Crippen molar-refractivity contribution < 1.29 is 18.0 Å². The van der Waals surface area contributed by atoms with Crippen LogP contribution in [0.4, 0.5) is 36.2 Å². The molecular formula is C34H41F3N10O. The molecule has 0 unspecified atom stereocenters. The van der Waals surface area contributed by atoms with Crippen LogP contribution in [0.3, 0.4) is 0 Å². The minimum atomic E-state index is -4.53. The number of alkyl halides is 3. The van der Waals surface area contributed by atoms with Crippen LogP contribution in [0.25, 0.3) is 0 Å². The summed E-state index contributed by atoms with van der Waals surface area (Å²) in [6, 6.07) is 9.26. The number of aromatic nitrogens is 4. The van der Waals surface area contributed by atoms with E-state index in [4.69, 9.17) is 0 Å². The largest absolute Gasteiger partial charge is 0.416 e. The van der Waals surface area contributed by atoms with Crippen molar-refractivity contribution in [2.75, 3.05) is 75.9 Å². The molecule has 1 fully saturated rings. The lowest BCUT2D eigenvalue weighted by Crippen LogP contribution is -2.43. The predicted octanol–water partition coefficient (Wildman–Crippen LogP) is 4.56. The summed E-state index contributed by atoms with van der Waals surface area (Å²) in [6.07, 6.45) is 3.48. The van der Waals surface area contributed by atoms with E-state index in [0.717, 1.165) is 80.8 Å². The van der Waals surface area contributed by atoms with Gasteiger partial charge >= 0.3 is 6.18 Å². The van der Waals surface area contributed by atoms with Crippen LogP contribution in [0.15, 0.2) is 61.2 Å². The van der Waals surface area contributed by atoms with Gasteiger partial charge in [-0.05, 0) is 69.0 Å². The summed E-state index contributed by atoms with van der Waals surface area (Å²) >= 11 is 0. The zero-order valence-corrected chi connectivity index (χ0v) is 27.5. The standard InChI is InChI=1S/C34H41F3N10O/c1-43(2)8-13-47-23-30(20-40-47)42-33-38-18-25(19-39-33)22-46-7-6-26-4-5-27(16-31(26)46)32(48)41-29-15-24(14-28(17-29)34(35,36)37)21-45-11-9-44(3)10-12-45/h4-5,14-20,23H,6-13,21-22H2,1-3H3,(H,41,48)(H,38,39,42). The molecule has 2 aliphatic heterocycles. The number of hydrogen-bond acceptors (Lipinski definition) is 9. The summed E-state index contributed by atoms with van der Waals surface area (Å²) in [7, 11) is 6.07. The van der Waals surface area contributed by atoms with E-state index in [1.165, 1.54) is 6.07 Å². The lowest BCUT2D eigenvalue weighted by molar-refractivity contribution is -0.137. The summed E-state index contributed by atoms with van der Waals surface area (Å²) in [4.78, 5) is 30.9. The van der Waals surface area contributed by atoms with Crippen molar-refractivity contribution in [3.05, 3.63) is 89.0 Å². The van der Waals surface area contributed by atoms with E-state index in [-0.39, 0.29) is 5.69 Å². The van der Waals surface area contributed by atoms with Gasteiger partial charge < -0.3 is 25.3 Å². The minimum Gasteiger partial charge on any atom is -0.367 e. The van der Waals surface area contributed by atoms with E-state index in [0.29, 0.717) is 30.2 Å². The monoisotopic (exact) mass is 662 g/mol. The lowest BCUT2D eigenvalue weighted by Gasteiger charge is -2.32. The predicted molar refractivity (Wildman–Crippen MR) is 179 cm³/mol. The third-order valence-electron chi connectivity index (χ3n) is 8.66. The van der Waals surface area contributed by atoms with Crippen molar-refractivity contribution in [3.63, 3.8) is 0 Å². The lowest BCUT2D eigenvalue weighted by atomic mass is 10.1. The number of benzene rings is 2. The highest BCUT2D eigenvalue weighted by atomic mass is 19.4. The van der Waals surface area contributed by atoms with Gasteiger partial charge in [-0.1, -0.05) is 6.07 Å². The number of amides is 1. The van der Waals surface area contributed by atoms with Gasteiger partial charge in [-0.15, -0.1) is 0 Å². The summed E-state index contributed by atoms with van der Waals surface area (Å²) in [5, 5.41) is 10.3. The Kier molecular flexibility index (Phi) is 9.94. The van der Waals surface area contributed by atoms with Crippen molar-refractivity contribution in [1.29, 1.82) is 0 Å². The van der Waals surface area contributed by atoms with Crippen molar-refractivity contribution in [3.8, 4) is 0 Å². The van der Waals surface area contributed by atoms with E-state index < -0.39 is 17.6 Å². The molecule has 2 aromatic carbocycles. The van der Waals surface area contributed by atoms with Gasteiger partial charge in [0.15, 0.2) is 0 Å². The molecule has 0 saturated carbocycles. The number of rotatable bonds is 11. The first-order valence-corrected chi connectivity index (χ1v) is 16.0. The smallest absolute Gasteiger partial charge is 0.367 e. The van der Waals surface area contributed by atoms with Gasteiger partial charge in [0, 0.05) is 93.5 Å². The number of nitrogens with one attached hydrogen (secondary N) is 2. The van der Waals surface area contributed by atoms with Gasteiger partial charge in [-0.3, -0.25) is 14.4 Å². The molecule has 0 atom stereocenters. The van der Waals surface area contributed by atoms with Gasteiger partial charge in [-0.2, -0.15) is 18.3 Å². The van der Waals surface area contributed by atoms with Gasteiger partial charge in [0.2, 0.25) is 5.95 Å². The second-order valence-corrected chi connectivity index (χ2v) is 12.8. The maximum Gasteiger partial charge on any atom is 0.416 e. The van der Waals surface area contributed by atoms with Crippen LogP contribution in [0, 0.1) is 0 Å². The number of fused-ring (bicyclic) bond motifs is 1. The first kappa shape index (κ1) is 33.4. The number of hydrogen-bond donors (Lipinski definition) is 2. The van der Waals surface area contributed by atoms with Crippen LogP contribution in [-0.2, 0) is 32.2 Å². The highest BCUT2D eigenvalue weighted by Gasteiger charge is 2.32. The number of piperazine rings is 1. The Morgan fingerprint density at radius 1 is 0.917 bits per heavy atom. The molecule has 2 aliphatic rings. The molecule has 1 saturated heterocycles. The Labute approximate surface area is 278 Å². The summed E-state index contributed by atoms with van der Waals surface area (Å²) in [6.45, 7) is 6.62. The Balaban J connectivity index is 1.10. The average molecular weight is 663 g/mol. The normalized spacial score (nSPS) is 15.6. The number of anilines is 4. The molecule has 0 spiro atoms. The van der Waals surface area contributed by atoms with Gasteiger partial charge in [-0.25, -0.2) is 9.97 Å². The third kappa shape index (κ3) is 8.48. The Hall–Kier alpha value is -4.53. The number of carbonyl (C=O) groups is 1. The van der Waals surface area contributed by atoms with Crippen LogP contribution in [0.1, 0.15) is 32.6 Å². The molecule has 48 heavy (non-hydrogen) atoms. The minimum absolute atomic E-state index is 0.128. The topological polar surface area (TPSA) is 97.7 Å². The summed E-state index contributed by atoms with van der Waals surface area (Å²) in [5.41, 5.74) is 3.97. The fourth-order valence-corrected chi connectivity index (χ4v) is 5.94. The summed E-state index contributed by atoms with van der Waals surface area (Å²) < 4.78 is 43.3. The van der Waals surface area contributed by atoms with E-state index >= 15 is 0 Å². The number of nitrogens with zero attached hydrogens (tertiary/aromatic N) is 8. The van der Waals surface area contributed by atoms with Gasteiger partial charge in [0.05, 0.1) is 24.0 Å². The first-order chi connectivity index (χ1) is 23.0. The third-order valence-corrected chi connectivity index (χ3v) is 8.66. The highest BCUT2D eigenvalue weighted by Crippen LogP contribution is 2.34. The van der Waals surface area contributed by atoms with Crippen LogP contribution < -0.4 is 15.5 Å². The zero-order chi connectivity index (χ0) is 33.8. The van der Waals surface area contributed by atoms with Gasteiger partial charge in [0.1, 0.15) is 0 Å². The Morgan fingerprint density at radius 3 is 2.42 bits per heavy atom. The molecule has 2 aromatic heterocycles. The van der Waals surface area contributed by atoms with Crippen molar-refractivity contribution in [1.82, 2.24) is 34.4 Å². The molecule has 0 bridgehead atoms. The van der Waals surface area contributed by atoms with E-state index in [1.54, 1.807) is 36.8 Å². The van der Waals surface area contributed by atoms with Crippen LogP contribution in [0.2, 0.25) is 0 Å². The second-order valence-electron chi connectivity index (χ2n) is 12.8. The molecule has 11 nitrogen and oxygen atoms in total. The number of halogens is 3. The molecule has 1 amide bonds. The van der Waals surface area contributed by atoms with Crippen molar-refractivity contribution >= 4 is 28.9 Å². The number of likely N-dealkylation sites (N-methyl/N-ethyl adjacent to an activating group) is 2. The van der Waals surface area contributed by atoms with E-state index in [9.17, 15) is 18.0 Å². The maximum atomic E-state index is 13.8. The molecule has 2 N–H and O–H groups in total. The molecule has 14 heteroatoms. The zero-order valence-electron chi connectivity index (χ0n) is 27.5. The molecular weight excluding hydrogens is 621 g/mol. The molecule has 6 rings (SSSR count). The van der Waals surface area contributed by atoms with E-state index in [2.05, 4.69) is 45.3 Å². The fraction of sp³-hybridized carbons (Fsp3) is 0.412. The number of carbonyl (C=O) groups excluding carboxylic acids is 1. The van der Waals surface area contributed by atoms with E-state index in [1.807, 2.05) is 38.1 Å².